The molecular formula is C26H21ClN2O5. The molecule has 0 saturated carbocycles. The molecule has 1 N–H and O–H groups in total. The summed E-state index contributed by atoms with van der Waals surface area (Å²) < 4.78 is 15.6. The van der Waals surface area contributed by atoms with Crippen molar-refractivity contribution in [2.24, 2.45) is 0 Å². The minimum absolute atomic E-state index is 0.268. The van der Waals surface area contributed by atoms with Crippen molar-refractivity contribution in [1.82, 2.24) is 4.98 Å². The van der Waals surface area contributed by atoms with E-state index in [1.807, 2.05) is 12.1 Å². The van der Waals surface area contributed by atoms with Crippen LogP contribution >= 0.6 is 11.6 Å². The first-order chi connectivity index (χ1) is 16.5. The van der Waals surface area contributed by atoms with Crippen LogP contribution in [0.2, 0.25) is 5.02 Å². The first-order valence-corrected chi connectivity index (χ1v) is 10.7. The second-order valence-corrected chi connectivity index (χ2v) is 7.73. The van der Waals surface area contributed by atoms with Gasteiger partial charge in [0, 0.05) is 33.3 Å². The molecule has 0 aliphatic carbocycles. The highest BCUT2D eigenvalue weighted by molar-refractivity contribution is 6.30. The van der Waals surface area contributed by atoms with E-state index in [9.17, 15) is 9.59 Å². The van der Waals surface area contributed by atoms with Gasteiger partial charge in [0.15, 0.2) is 6.61 Å². The van der Waals surface area contributed by atoms with E-state index >= 15 is 0 Å². The molecule has 1 heterocycles. The molecule has 3 aromatic carbocycles. The Kier molecular flexibility index (Phi) is 6.94. The molecule has 4 aromatic rings. The summed E-state index contributed by atoms with van der Waals surface area (Å²) in [6.45, 7) is -0.268. The van der Waals surface area contributed by atoms with E-state index in [4.69, 9.17) is 30.8 Å². The number of hydrogen-bond acceptors (Lipinski definition) is 6. The zero-order valence-corrected chi connectivity index (χ0v) is 19.3. The minimum atomic E-state index is -0.513. The van der Waals surface area contributed by atoms with E-state index in [0.717, 1.165) is 5.56 Å². The van der Waals surface area contributed by atoms with Gasteiger partial charge in [-0.15, -0.1) is 0 Å². The van der Waals surface area contributed by atoms with E-state index in [1.54, 1.807) is 67.8 Å². The molecule has 1 amide bonds. The van der Waals surface area contributed by atoms with E-state index in [2.05, 4.69) is 5.32 Å². The standard InChI is InChI=1S/C26H21ClN2O5/c1-32-20-5-3-4-17(12-20)26(31)28-19-10-11-22-21(13-19)24(34-15-25(30)33-2)14-23(29-22)16-6-8-18(27)9-7-16/h3-14H,15H2,1-2H3,(H,28,31). The summed E-state index contributed by atoms with van der Waals surface area (Å²) >= 11 is 6.01. The maximum atomic E-state index is 12.7. The first-order valence-electron chi connectivity index (χ1n) is 10.3. The van der Waals surface area contributed by atoms with Gasteiger partial charge in [0.25, 0.3) is 5.91 Å². The smallest absolute Gasteiger partial charge is 0.343 e. The van der Waals surface area contributed by atoms with E-state index in [-0.39, 0.29) is 12.5 Å². The number of hydrogen-bond donors (Lipinski definition) is 1. The number of nitrogens with zero attached hydrogens (tertiary/aromatic N) is 1. The van der Waals surface area contributed by atoms with Gasteiger partial charge in [0.1, 0.15) is 11.5 Å². The fraction of sp³-hybridized carbons (Fsp3) is 0.115. The van der Waals surface area contributed by atoms with Gasteiger partial charge in [0.05, 0.1) is 25.4 Å². The lowest BCUT2D eigenvalue weighted by Crippen LogP contribution is -2.13. The molecule has 8 heteroatoms. The largest absolute Gasteiger partial charge is 0.497 e. The molecule has 34 heavy (non-hydrogen) atoms. The topological polar surface area (TPSA) is 86.8 Å². The molecule has 0 radical (unpaired) electrons. The van der Waals surface area contributed by atoms with Crippen LogP contribution in [-0.2, 0) is 9.53 Å². The third-order valence-corrected chi connectivity index (χ3v) is 5.33. The Morgan fingerprint density at radius 3 is 2.50 bits per heavy atom. The van der Waals surface area contributed by atoms with Crippen LogP contribution in [0.25, 0.3) is 22.2 Å². The number of ether oxygens (including phenoxy) is 3. The van der Waals surface area contributed by atoms with Crippen molar-refractivity contribution in [1.29, 1.82) is 0 Å². The maximum Gasteiger partial charge on any atom is 0.343 e. The molecule has 0 fully saturated rings. The normalized spacial score (nSPS) is 10.6. The van der Waals surface area contributed by atoms with Gasteiger partial charge in [0.2, 0.25) is 0 Å². The quantitative estimate of drug-likeness (QED) is 0.361. The molecule has 4 rings (SSSR count). The lowest BCUT2D eigenvalue weighted by atomic mass is 10.1. The Morgan fingerprint density at radius 2 is 1.76 bits per heavy atom. The summed E-state index contributed by atoms with van der Waals surface area (Å²) in [5, 5.41) is 4.12. The average Bonchev–Trinajstić information content (AvgIpc) is 2.87. The number of carbonyl (C=O) groups excluding carboxylic acids is 2. The number of benzene rings is 3. The summed E-state index contributed by atoms with van der Waals surface area (Å²) in [6.07, 6.45) is 0. The van der Waals surface area contributed by atoms with Crippen molar-refractivity contribution in [3.63, 3.8) is 0 Å². The van der Waals surface area contributed by atoms with Crippen molar-refractivity contribution in [3.05, 3.63) is 83.4 Å². The lowest BCUT2D eigenvalue weighted by molar-refractivity contribution is -0.142. The first kappa shape index (κ1) is 23.1. The Bertz CT molecular complexity index is 1360. The van der Waals surface area contributed by atoms with Crippen molar-refractivity contribution in [2.45, 2.75) is 0 Å². The van der Waals surface area contributed by atoms with Gasteiger partial charge < -0.3 is 19.5 Å². The summed E-state index contributed by atoms with van der Waals surface area (Å²) in [5.74, 6) is 0.211. The number of aromatic nitrogens is 1. The summed E-state index contributed by atoms with van der Waals surface area (Å²) in [5.41, 5.74) is 3.12. The van der Waals surface area contributed by atoms with Crippen LogP contribution in [0.15, 0.2) is 72.8 Å². The molecule has 0 unspecified atom stereocenters. The number of rotatable bonds is 7. The number of nitrogens with one attached hydrogen (secondary N) is 1. The number of halogens is 1. The van der Waals surface area contributed by atoms with Crippen LogP contribution in [0.1, 0.15) is 10.4 Å². The van der Waals surface area contributed by atoms with E-state index in [1.165, 1.54) is 7.11 Å². The number of esters is 1. The molecule has 0 aliphatic heterocycles. The Labute approximate surface area is 201 Å². The Morgan fingerprint density at radius 1 is 0.971 bits per heavy atom. The van der Waals surface area contributed by atoms with Crippen molar-refractivity contribution < 1.29 is 23.8 Å². The SMILES string of the molecule is COC(=O)COc1cc(-c2ccc(Cl)cc2)nc2ccc(NC(=O)c3cccc(OC)c3)cc12. The van der Waals surface area contributed by atoms with Crippen molar-refractivity contribution >= 4 is 40.1 Å². The van der Waals surface area contributed by atoms with Crippen LogP contribution < -0.4 is 14.8 Å². The number of pyridine rings is 1. The van der Waals surface area contributed by atoms with E-state index in [0.29, 0.717) is 44.4 Å². The summed E-state index contributed by atoms with van der Waals surface area (Å²) in [4.78, 5) is 29.1. The highest BCUT2D eigenvalue weighted by atomic mass is 35.5. The molecule has 1 aromatic heterocycles. The minimum Gasteiger partial charge on any atom is -0.497 e. The fourth-order valence-electron chi connectivity index (χ4n) is 3.32. The maximum absolute atomic E-state index is 12.7. The second kappa shape index (κ2) is 10.2. The molecule has 0 bridgehead atoms. The van der Waals surface area contributed by atoms with Crippen molar-refractivity contribution in [2.75, 3.05) is 26.1 Å². The van der Waals surface area contributed by atoms with Gasteiger partial charge in [-0.1, -0.05) is 29.8 Å². The third kappa shape index (κ3) is 5.27. The number of methoxy groups -OCH3 is 2. The number of amides is 1. The Hall–Kier alpha value is -4.10. The number of carbonyl (C=O) groups is 2. The zero-order chi connectivity index (χ0) is 24.1. The zero-order valence-electron chi connectivity index (χ0n) is 18.5. The van der Waals surface area contributed by atoms with E-state index < -0.39 is 5.97 Å². The monoisotopic (exact) mass is 476 g/mol. The van der Waals surface area contributed by atoms with Crippen LogP contribution in [0, 0.1) is 0 Å². The van der Waals surface area contributed by atoms with Crippen molar-refractivity contribution in [3.8, 4) is 22.8 Å². The predicted molar refractivity (Wildman–Crippen MR) is 131 cm³/mol. The molecule has 0 saturated heterocycles. The molecule has 0 spiro atoms. The van der Waals surface area contributed by atoms with Crippen LogP contribution in [0.4, 0.5) is 5.69 Å². The van der Waals surface area contributed by atoms with Crippen LogP contribution in [0.5, 0.6) is 11.5 Å². The summed E-state index contributed by atoms with van der Waals surface area (Å²) in [7, 11) is 2.84. The molecule has 0 atom stereocenters. The van der Waals surface area contributed by atoms with Gasteiger partial charge in [-0.2, -0.15) is 0 Å². The highest BCUT2D eigenvalue weighted by Crippen LogP contribution is 2.32. The molecule has 172 valence electrons. The van der Waals surface area contributed by atoms with Crippen LogP contribution in [-0.4, -0.2) is 37.7 Å². The Balaban J connectivity index is 1.70. The highest BCUT2D eigenvalue weighted by Gasteiger charge is 2.13. The molecular weight excluding hydrogens is 456 g/mol. The van der Waals surface area contributed by atoms with Crippen LogP contribution in [0.3, 0.4) is 0 Å². The number of fused-ring (bicyclic) bond motifs is 1. The summed E-state index contributed by atoms with van der Waals surface area (Å²) in [6, 6.07) is 21.1. The lowest BCUT2D eigenvalue weighted by Gasteiger charge is -2.13. The average molecular weight is 477 g/mol. The van der Waals surface area contributed by atoms with Gasteiger partial charge in [-0.3, -0.25) is 4.79 Å². The third-order valence-electron chi connectivity index (χ3n) is 5.07. The van der Waals surface area contributed by atoms with Gasteiger partial charge in [-0.05, 0) is 48.5 Å². The molecule has 0 aliphatic rings. The second-order valence-electron chi connectivity index (χ2n) is 7.30. The van der Waals surface area contributed by atoms with Gasteiger partial charge >= 0.3 is 5.97 Å². The fourth-order valence-corrected chi connectivity index (χ4v) is 3.45. The number of anilines is 1. The molecule has 7 nitrogen and oxygen atoms in total. The predicted octanol–water partition coefficient (Wildman–Crippen LogP) is 5.37. The van der Waals surface area contributed by atoms with Gasteiger partial charge in [-0.25, -0.2) is 9.78 Å².